The van der Waals surface area contributed by atoms with Crippen LogP contribution in [0.2, 0.25) is 0 Å². The molecule has 0 N–H and O–H groups in total. The van der Waals surface area contributed by atoms with Crippen molar-refractivity contribution in [1.29, 1.82) is 0 Å². The number of halogens is 3. The maximum Gasteiger partial charge on any atom is 0.408 e. The average molecular weight is 597 g/mol. The van der Waals surface area contributed by atoms with Gasteiger partial charge in [-0.2, -0.15) is 13.2 Å². The maximum atomic E-state index is 14.2. The molecule has 0 aliphatic carbocycles. The van der Waals surface area contributed by atoms with Gasteiger partial charge in [0, 0.05) is 22.7 Å². The van der Waals surface area contributed by atoms with E-state index in [0.29, 0.717) is 17.0 Å². The first-order chi connectivity index (χ1) is 20.1. The molecule has 2 unspecified atom stereocenters. The Morgan fingerprint density at radius 1 is 1.10 bits per heavy atom. The summed E-state index contributed by atoms with van der Waals surface area (Å²) in [7, 11) is 0. The van der Waals surface area contributed by atoms with Crippen molar-refractivity contribution in [3.8, 4) is 5.75 Å². The first kappa shape index (κ1) is 28.0. The molecule has 3 atom stereocenters. The van der Waals surface area contributed by atoms with Gasteiger partial charge < -0.3 is 14.2 Å². The van der Waals surface area contributed by atoms with Gasteiger partial charge in [0.2, 0.25) is 5.43 Å². The van der Waals surface area contributed by atoms with Crippen molar-refractivity contribution in [3.63, 3.8) is 0 Å². The van der Waals surface area contributed by atoms with Gasteiger partial charge in [0.25, 0.3) is 5.91 Å². The van der Waals surface area contributed by atoms with E-state index in [1.165, 1.54) is 16.9 Å². The molecule has 0 fully saturated rings. The summed E-state index contributed by atoms with van der Waals surface area (Å²) in [5, 5.41) is 5.72. The van der Waals surface area contributed by atoms with Crippen LogP contribution >= 0.6 is 11.8 Å². The average Bonchev–Trinajstić information content (AvgIpc) is 3.29. The molecule has 4 aromatic rings. The number of nitrogens with zero attached hydrogens (tertiary/aromatic N) is 4. The number of hydrogen-bond donors (Lipinski definition) is 0. The SMILES string of the molecule is Cc1noc2c1C(N1CN([C@H](C)C(F)(F)F)C(=O)c3c(OCc4ccccc4)c(=O)ccn31)c1ccccc1SC2C. The lowest BCUT2D eigenvalue weighted by atomic mass is 9.95. The number of aromatic nitrogens is 2. The number of ether oxygens (including phenoxy) is 1. The predicted molar refractivity (Wildman–Crippen MR) is 150 cm³/mol. The number of hydrogen-bond acceptors (Lipinski definition) is 7. The molecule has 0 radical (unpaired) electrons. The highest BCUT2D eigenvalue weighted by Gasteiger charge is 2.48. The van der Waals surface area contributed by atoms with Gasteiger partial charge in [-0.1, -0.05) is 53.7 Å². The van der Waals surface area contributed by atoms with Gasteiger partial charge in [-0.15, -0.1) is 11.8 Å². The zero-order chi connectivity index (χ0) is 29.8. The number of thioether (sulfide) groups is 1. The molecule has 4 heterocycles. The van der Waals surface area contributed by atoms with Crippen molar-refractivity contribution < 1.29 is 27.2 Å². The topological polar surface area (TPSA) is 80.8 Å². The van der Waals surface area contributed by atoms with Crippen LogP contribution in [0.5, 0.6) is 5.75 Å². The summed E-state index contributed by atoms with van der Waals surface area (Å²) >= 11 is 1.56. The zero-order valence-electron chi connectivity index (χ0n) is 23.0. The standard InChI is InChI=1S/C30H27F3N4O4S/c1-17-24-25(21-11-7-8-12-23(21)42-18(2)27(24)41-34-17)37-16-35(19(3)30(31,32)33)29(39)26-28(22(38)13-14-36(26)37)40-15-20-9-5-4-6-10-20/h4-14,18-19,25H,15-16H2,1-3H3/t18?,19-,25?/m1/s1. The molecule has 2 aliphatic heterocycles. The van der Waals surface area contributed by atoms with Crippen molar-refractivity contribution in [2.75, 3.05) is 11.7 Å². The molecule has 6 rings (SSSR count). The number of carbonyl (C=O) groups is 1. The minimum atomic E-state index is -4.71. The molecule has 2 aliphatic rings. The van der Waals surface area contributed by atoms with Gasteiger partial charge >= 0.3 is 6.18 Å². The Morgan fingerprint density at radius 3 is 2.55 bits per heavy atom. The van der Waals surface area contributed by atoms with Crippen LogP contribution in [-0.4, -0.2) is 39.5 Å². The van der Waals surface area contributed by atoms with Gasteiger partial charge in [-0.3, -0.25) is 19.3 Å². The number of amides is 1. The third-order valence-corrected chi connectivity index (χ3v) is 8.83. The van der Waals surface area contributed by atoms with E-state index in [9.17, 15) is 22.8 Å². The lowest BCUT2D eigenvalue weighted by Crippen LogP contribution is -2.60. The Labute approximate surface area is 243 Å². The van der Waals surface area contributed by atoms with Gasteiger partial charge in [0.15, 0.2) is 17.2 Å². The summed E-state index contributed by atoms with van der Waals surface area (Å²) in [6, 6.07) is 15.0. The summed E-state index contributed by atoms with van der Waals surface area (Å²) in [6.45, 7) is 4.23. The highest BCUT2D eigenvalue weighted by Crippen LogP contribution is 2.49. The smallest absolute Gasteiger partial charge is 0.408 e. The summed E-state index contributed by atoms with van der Waals surface area (Å²) < 4.78 is 55.6. The Morgan fingerprint density at radius 2 is 1.81 bits per heavy atom. The van der Waals surface area contributed by atoms with Crippen molar-refractivity contribution in [3.05, 3.63) is 111 Å². The van der Waals surface area contributed by atoms with Crippen LogP contribution in [0.15, 0.2) is 81.1 Å². The van der Waals surface area contributed by atoms with E-state index in [0.717, 1.165) is 27.8 Å². The number of pyridine rings is 1. The van der Waals surface area contributed by atoms with Crippen molar-refractivity contribution in [2.45, 2.75) is 55.8 Å². The normalized spacial score (nSPS) is 19.0. The van der Waals surface area contributed by atoms with Crippen LogP contribution in [0.25, 0.3) is 0 Å². The third-order valence-electron chi connectivity index (χ3n) is 7.63. The zero-order valence-corrected chi connectivity index (χ0v) is 23.8. The van der Waals surface area contributed by atoms with Gasteiger partial charge in [0.1, 0.15) is 25.4 Å². The molecular weight excluding hydrogens is 569 g/mol. The molecule has 0 bridgehead atoms. The Kier molecular flexibility index (Phi) is 7.04. The molecule has 1 amide bonds. The molecule has 0 saturated carbocycles. The van der Waals surface area contributed by atoms with E-state index >= 15 is 0 Å². The monoisotopic (exact) mass is 596 g/mol. The summed E-state index contributed by atoms with van der Waals surface area (Å²) in [5.41, 5.74) is 1.93. The summed E-state index contributed by atoms with van der Waals surface area (Å²) in [4.78, 5) is 28.7. The second-order valence-electron chi connectivity index (χ2n) is 10.3. The third kappa shape index (κ3) is 4.73. The maximum absolute atomic E-state index is 14.2. The molecular formula is C30H27F3N4O4S. The van der Waals surface area contributed by atoms with E-state index in [-0.39, 0.29) is 23.3 Å². The quantitative estimate of drug-likeness (QED) is 0.280. The second-order valence-corrected chi connectivity index (χ2v) is 11.7. The number of alkyl halides is 3. The number of rotatable bonds is 5. The number of fused-ring (bicyclic) bond motifs is 3. The highest BCUT2D eigenvalue weighted by atomic mass is 32.2. The van der Waals surface area contributed by atoms with Gasteiger partial charge in [0.05, 0.1) is 10.9 Å². The van der Waals surface area contributed by atoms with Crippen LogP contribution in [0.3, 0.4) is 0 Å². The largest absolute Gasteiger partial charge is 0.482 e. The van der Waals surface area contributed by atoms with Crippen molar-refractivity contribution >= 4 is 17.7 Å². The fourth-order valence-corrected chi connectivity index (χ4v) is 6.57. The van der Waals surface area contributed by atoms with E-state index in [1.807, 2.05) is 37.3 Å². The van der Waals surface area contributed by atoms with Gasteiger partial charge in [-0.25, -0.2) is 0 Å². The van der Waals surface area contributed by atoms with Crippen LogP contribution in [-0.2, 0) is 6.61 Å². The highest BCUT2D eigenvalue weighted by molar-refractivity contribution is 7.99. The first-order valence-electron chi connectivity index (χ1n) is 13.3. The number of aryl methyl sites for hydroxylation is 1. The van der Waals surface area contributed by atoms with Gasteiger partial charge in [-0.05, 0) is 38.0 Å². The molecule has 0 saturated heterocycles. The molecule has 2 aromatic carbocycles. The minimum Gasteiger partial charge on any atom is -0.482 e. The van der Waals surface area contributed by atoms with E-state index in [2.05, 4.69) is 5.16 Å². The molecule has 0 spiro atoms. The van der Waals surface area contributed by atoms with Crippen LogP contribution < -0.4 is 15.2 Å². The second kappa shape index (κ2) is 10.6. The fraction of sp³-hybridized carbons (Fsp3) is 0.300. The molecule has 42 heavy (non-hydrogen) atoms. The van der Waals surface area contributed by atoms with Crippen LogP contribution in [0, 0.1) is 6.92 Å². The fourth-order valence-electron chi connectivity index (χ4n) is 5.44. The molecule has 218 valence electrons. The lowest BCUT2D eigenvalue weighted by molar-refractivity contribution is -0.173. The lowest BCUT2D eigenvalue weighted by Gasteiger charge is -2.45. The van der Waals surface area contributed by atoms with E-state index in [4.69, 9.17) is 9.26 Å². The number of carbonyl (C=O) groups excluding carboxylic acids is 1. The van der Waals surface area contributed by atoms with Crippen molar-refractivity contribution in [2.24, 2.45) is 0 Å². The number of benzene rings is 2. The first-order valence-corrected chi connectivity index (χ1v) is 14.2. The summed E-state index contributed by atoms with van der Waals surface area (Å²) in [5.74, 6) is -0.680. The molecule has 8 nitrogen and oxygen atoms in total. The van der Waals surface area contributed by atoms with E-state index in [1.54, 1.807) is 48.0 Å². The Balaban J connectivity index is 1.57. The molecule has 12 heteroatoms. The Bertz CT molecular complexity index is 1700. The van der Waals surface area contributed by atoms with Crippen molar-refractivity contribution in [1.82, 2.24) is 14.7 Å². The Hall–Kier alpha value is -4.19. The predicted octanol–water partition coefficient (Wildman–Crippen LogP) is 5.98. The van der Waals surface area contributed by atoms with E-state index < -0.39 is 36.3 Å². The minimum absolute atomic E-state index is 0.0511. The van der Waals surface area contributed by atoms with Crippen LogP contribution in [0.1, 0.15) is 63.8 Å². The molecule has 2 aromatic heterocycles. The summed E-state index contributed by atoms with van der Waals surface area (Å²) in [6.07, 6.45) is -3.30. The van der Waals surface area contributed by atoms with Crippen LogP contribution in [0.4, 0.5) is 13.2 Å².